The van der Waals surface area contributed by atoms with Gasteiger partial charge in [0.1, 0.15) is 5.54 Å². The molecule has 2 rings (SSSR count). The summed E-state index contributed by atoms with van der Waals surface area (Å²) in [7, 11) is 0. The first-order valence-corrected chi connectivity index (χ1v) is 7.13. The van der Waals surface area contributed by atoms with E-state index >= 15 is 0 Å². The van der Waals surface area contributed by atoms with Crippen molar-refractivity contribution in [1.29, 1.82) is 0 Å². The van der Waals surface area contributed by atoms with Gasteiger partial charge in [0.05, 0.1) is 0 Å². The Morgan fingerprint density at radius 2 is 2.05 bits per heavy atom. The molecular weight excluding hydrogens is 236 g/mol. The number of hydrogen-bond donors (Lipinski definition) is 2. The Balaban J connectivity index is 1.92. The van der Waals surface area contributed by atoms with Crippen LogP contribution in [0.25, 0.3) is 0 Å². The molecule has 104 valence electrons. The first-order chi connectivity index (χ1) is 9.00. The number of benzene rings is 1. The second kappa shape index (κ2) is 5.74. The summed E-state index contributed by atoms with van der Waals surface area (Å²) >= 11 is 0. The van der Waals surface area contributed by atoms with Crippen molar-refractivity contribution in [3.8, 4) is 0 Å². The Hall–Kier alpha value is -1.35. The molecule has 0 heterocycles. The molecule has 3 nitrogen and oxygen atoms in total. The SMILES string of the molecule is CC1CCC(CNC(=O)C(C)(N)c2ccccc2)C1. The van der Waals surface area contributed by atoms with Crippen molar-refractivity contribution in [2.75, 3.05) is 6.54 Å². The van der Waals surface area contributed by atoms with Crippen LogP contribution in [0.1, 0.15) is 38.7 Å². The van der Waals surface area contributed by atoms with Gasteiger partial charge in [-0.15, -0.1) is 0 Å². The van der Waals surface area contributed by atoms with E-state index < -0.39 is 5.54 Å². The highest BCUT2D eigenvalue weighted by Crippen LogP contribution is 2.29. The third-order valence-corrected chi connectivity index (χ3v) is 4.20. The zero-order valence-electron chi connectivity index (χ0n) is 11.9. The van der Waals surface area contributed by atoms with Gasteiger partial charge in [-0.2, -0.15) is 0 Å². The Kier molecular flexibility index (Phi) is 4.25. The Bertz CT molecular complexity index is 428. The lowest BCUT2D eigenvalue weighted by atomic mass is 9.92. The fraction of sp³-hybridized carbons (Fsp3) is 0.562. The molecule has 3 unspecified atom stereocenters. The summed E-state index contributed by atoms with van der Waals surface area (Å²) < 4.78 is 0. The van der Waals surface area contributed by atoms with Crippen LogP contribution in [0, 0.1) is 11.8 Å². The van der Waals surface area contributed by atoms with Crippen LogP contribution in [0.3, 0.4) is 0 Å². The molecule has 3 atom stereocenters. The smallest absolute Gasteiger partial charge is 0.244 e. The molecule has 0 saturated heterocycles. The van der Waals surface area contributed by atoms with E-state index in [2.05, 4.69) is 12.2 Å². The van der Waals surface area contributed by atoms with E-state index in [0.717, 1.165) is 18.0 Å². The number of nitrogens with one attached hydrogen (secondary N) is 1. The lowest BCUT2D eigenvalue weighted by Gasteiger charge is -2.25. The predicted molar refractivity (Wildman–Crippen MR) is 77.5 cm³/mol. The van der Waals surface area contributed by atoms with Crippen molar-refractivity contribution in [3.05, 3.63) is 35.9 Å². The van der Waals surface area contributed by atoms with Crippen molar-refractivity contribution < 1.29 is 4.79 Å². The maximum atomic E-state index is 12.3. The average molecular weight is 260 g/mol. The summed E-state index contributed by atoms with van der Waals surface area (Å²) in [6.07, 6.45) is 3.71. The minimum atomic E-state index is -0.953. The van der Waals surface area contributed by atoms with Crippen molar-refractivity contribution in [2.45, 2.75) is 38.6 Å². The van der Waals surface area contributed by atoms with Gasteiger partial charge in [0, 0.05) is 6.54 Å². The molecule has 1 fully saturated rings. The van der Waals surface area contributed by atoms with Crippen LogP contribution in [0.2, 0.25) is 0 Å². The standard InChI is InChI=1S/C16H24N2O/c1-12-8-9-13(10-12)11-18-15(19)16(2,17)14-6-4-3-5-7-14/h3-7,12-13H,8-11,17H2,1-2H3,(H,18,19). The number of rotatable bonds is 4. The third-order valence-electron chi connectivity index (χ3n) is 4.20. The van der Waals surface area contributed by atoms with Crippen LogP contribution in [0.15, 0.2) is 30.3 Å². The molecule has 1 aromatic carbocycles. The fourth-order valence-electron chi connectivity index (χ4n) is 2.85. The van der Waals surface area contributed by atoms with Gasteiger partial charge in [-0.05, 0) is 37.2 Å². The van der Waals surface area contributed by atoms with Crippen LogP contribution in [0.5, 0.6) is 0 Å². The van der Waals surface area contributed by atoms with Gasteiger partial charge >= 0.3 is 0 Å². The first kappa shape index (κ1) is 14.1. The number of carbonyl (C=O) groups is 1. The largest absolute Gasteiger partial charge is 0.354 e. The molecule has 0 radical (unpaired) electrons. The number of amides is 1. The molecule has 0 spiro atoms. The van der Waals surface area contributed by atoms with E-state index in [1.54, 1.807) is 6.92 Å². The highest BCUT2D eigenvalue weighted by molar-refractivity contribution is 5.86. The quantitative estimate of drug-likeness (QED) is 0.873. The summed E-state index contributed by atoms with van der Waals surface area (Å²) in [6, 6.07) is 9.55. The summed E-state index contributed by atoms with van der Waals surface area (Å²) in [5.41, 5.74) is 6.08. The summed E-state index contributed by atoms with van der Waals surface area (Å²) in [6.45, 7) is 4.80. The molecule has 0 bridgehead atoms. The molecular formula is C16H24N2O. The highest BCUT2D eigenvalue weighted by atomic mass is 16.2. The van der Waals surface area contributed by atoms with Crippen LogP contribution in [0.4, 0.5) is 0 Å². The highest BCUT2D eigenvalue weighted by Gasteiger charge is 2.31. The molecule has 1 aliphatic rings. The lowest BCUT2D eigenvalue weighted by Crippen LogP contribution is -2.49. The molecule has 1 aromatic rings. The van der Waals surface area contributed by atoms with Gasteiger partial charge < -0.3 is 11.1 Å². The normalized spacial score (nSPS) is 25.8. The predicted octanol–water partition coefficient (Wildman–Crippen LogP) is 2.41. The minimum absolute atomic E-state index is 0.0850. The van der Waals surface area contributed by atoms with Gasteiger partial charge in [0.2, 0.25) is 5.91 Å². The van der Waals surface area contributed by atoms with Crippen LogP contribution in [-0.2, 0) is 10.3 Å². The zero-order valence-corrected chi connectivity index (χ0v) is 11.9. The lowest BCUT2D eigenvalue weighted by molar-refractivity contribution is -0.126. The van der Waals surface area contributed by atoms with Crippen molar-refractivity contribution in [2.24, 2.45) is 17.6 Å². The zero-order chi connectivity index (χ0) is 13.9. The monoisotopic (exact) mass is 260 g/mol. The topological polar surface area (TPSA) is 55.1 Å². The second-order valence-corrected chi connectivity index (χ2v) is 6.06. The molecule has 3 heteroatoms. The Morgan fingerprint density at radius 3 is 2.63 bits per heavy atom. The second-order valence-electron chi connectivity index (χ2n) is 6.06. The minimum Gasteiger partial charge on any atom is -0.354 e. The van der Waals surface area contributed by atoms with Crippen molar-refractivity contribution >= 4 is 5.91 Å². The fourth-order valence-corrected chi connectivity index (χ4v) is 2.85. The summed E-state index contributed by atoms with van der Waals surface area (Å²) in [5.74, 6) is 1.32. The number of nitrogens with two attached hydrogens (primary N) is 1. The molecule has 0 aromatic heterocycles. The molecule has 0 aliphatic heterocycles. The van der Waals surface area contributed by atoms with Crippen molar-refractivity contribution in [3.63, 3.8) is 0 Å². The van der Waals surface area contributed by atoms with Gasteiger partial charge in [0.25, 0.3) is 0 Å². The summed E-state index contributed by atoms with van der Waals surface area (Å²) in [5, 5.41) is 3.02. The van der Waals surface area contributed by atoms with Gasteiger partial charge in [-0.25, -0.2) is 0 Å². The van der Waals surface area contributed by atoms with E-state index in [1.165, 1.54) is 19.3 Å². The van der Waals surface area contributed by atoms with Crippen LogP contribution in [-0.4, -0.2) is 12.5 Å². The van der Waals surface area contributed by atoms with Crippen molar-refractivity contribution in [1.82, 2.24) is 5.32 Å². The van der Waals surface area contributed by atoms with Crippen LogP contribution < -0.4 is 11.1 Å². The van der Waals surface area contributed by atoms with Gasteiger partial charge in [-0.3, -0.25) is 4.79 Å². The van der Waals surface area contributed by atoms with E-state index in [-0.39, 0.29) is 5.91 Å². The average Bonchev–Trinajstić information content (AvgIpc) is 2.82. The molecule has 1 aliphatic carbocycles. The Labute approximate surface area is 115 Å². The molecule has 3 N–H and O–H groups in total. The van der Waals surface area contributed by atoms with E-state index in [1.807, 2.05) is 30.3 Å². The molecule has 1 saturated carbocycles. The Morgan fingerprint density at radius 1 is 1.37 bits per heavy atom. The number of hydrogen-bond acceptors (Lipinski definition) is 2. The first-order valence-electron chi connectivity index (χ1n) is 7.13. The molecule has 19 heavy (non-hydrogen) atoms. The third kappa shape index (κ3) is 3.35. The van der Waals surface area contributed by atoms with E-state index in [0.29, 0.717) is 5.92 Å². The maximum Gasteiger partial charge on any atom is 0.244 e. The summed E-state index contributed by atoms with van der Waals surface area (Å²) in [4.78, 5) is 12.3. The van der Waals surface area contributed by atoms with Gasteiger partial charge in [-0.1, -0.05) is 43.7 Å². The van der Waals surface area contributed by atoms with E-state index in [4.69, 9.17) is 5.73 Å². The van der Waals surface area contributed by atoms with E-state index in [9.17, 15) is 4.79 Å². The molecule has 1 amide bonds. The maximum absolute atomic E-state index is 12.3. The van der Waals surface area contributed by atoms with Gasteiger partial charge in [0.15, 0.2) is 0 Å². The van der Waals surface area contributed by atoms with Crippen LogP contribution >= 0.6 is 0 Å². The number of carbonyl (C=O) groups excluding carboxylic acids is 1.